The second-order valence-corrected chi connectivity index (χ2v) is 22.4. The number of carbonyl (C=O) groups excluding carboxylic acids is 4. The van der Waals surface area contributed by atoms with Crippen molar-refractivity contribution in [3.63, 3.8) is 0 Å². The number of cyclic esters (lactones) is 1. The van der Waals surface area contributed by atoms with Crippen LogP contribution in [0.1, 0.15) is 94.5 Å². The molecule has 1 saturated carbocycles. The Morgan fingerprint density at radius 2 is 1.84 bits per heavy atom. The number of esters is 1. The lowest BCUT2D eigenvalue weighted by atomic mass is 9.84. The zero-order valence-corrected chi connectivity index (χ0v) is 41.2. The number of hydrazine groups is 1. The van der Waals surface area contributed by atoms with E-state index in [0.29, 0.717) is 88.7 Å². The first-order valence-electron chi connectivity index (χ1n) is 24.9. The second kappa shape index (κ2) is 19.2. The topological polar surface area (TPSA) is 173 Å². The number of nitrogens with one attached hydrogen (secondary N) is 3. The molecule has 1 aromatic carbocycles. The number of amides is 3. The average molecular weight is 988 g/mol. The zero-order valence-electron chi connectivity index (χ0n) is 40.4. The molecule has 5 fully saturated rings. The quantitative estimate of drug-likeness (QED) is 0.129. The first-order chi connectivity index (χ1) is 33.5. The molecule has 19 heteroatoms. The summed E-state index contributed by atoms with van der Waals surface area (Å²) in [6.07, 6.45) is 3.38. The highest BCUT2D eigenvalue weighted by Crippen LogP contribution is 2.45. The van der Waals surface area contributed by atoms with Crippen LogP contribution < -0.4 is 16.1 Å². The number of hydrogen-bond acceptors (Lipinski definition) is 12. The summed E-state index contributed by atoms with van der Waals surface area (Å²) in [7, 11) is 1.53. The second-order valence-electron chi connectivity index (χ2n) is 21.4. The number of pyridine rings is 1. The largest absolute Gasteiger partial charge is 0.464 e. The number of nitrogens with zero attached hydrogens (tertiary/aromatic N) is 6. The van der Waals surface area contributed by atoms with E-state index in [2.05, 4.69) is 25.9 Å². The molecule has 15 nitrogen and oxygen atoms in total. The Hall–Kier alpha value is -4.95. The number of methoxy groups -OCH3 is 1. The monoisotopic (exact) mass is 987 g/mol. The standard InChI is InChI=1S/C51H64F3N9O6S/c1-30(68-4)42-33(11-7-17-55-42)44-35-23-49(2,3)29-69-48(67)36-12-8-18-63(59-36)47(66)37(22-41-57-39(25-70-41)32-13-14-40(34(35)21-32)62(44)28-51(52,53)54)58-45(64)43(31-9-5-6-10-31)60-19-15-50(26-60)16-20-61(27-50)46(65)38-24-56-38/h7,11,13-14,17,21,25,30-31,36-38,43,56,59H,5-6,8-10,12,15-16,18-20,22-24,26-29H2,1-4H3,(H,58,64)/t30-,36-,37-,38+,43?,50-/m0/s1. The summed E-state index contributed by atoms with van der Waals surface area (Å²) in [6, 6.07) is 6.41. The van der Waals surface area contributed by atoms with Crippen LogP contribution in [0.3, 0.4) is 0 Å². The molecule has 4 saturated heterocycles. The van der Waals surface area contributed by atoms with E-state index in [-0.39, 0.29) is 54.5 Å². The number of fused-ring (bicyclic) bond motifs is 6. The Labute approximate surface area is 410 Å². The number of likely N-dealkylation sites (tertiary alicyclic amines) is 2. The number of alkyl halides is 3. The molecule has 6 bridgehead atoms. The van der Waals surface area contributed by atoms with Crippen molar-refractivity contribution in [3.8, 4) is 22.5 Å². The van der Waals surface area contributed by atoms with Gasteiger partial charge in [-0.3, -0.25) is 34.1 Å². The van der Waals surface area contributed by atoms with Crippen molar-refractivity contribution in [2.45, 2.75) is 128 Å². The maximum atomic E-state index is 15.0. The third kappa shape index (κ3) is 9.97. The lowest BCUT2D eigenvalue weighted by Crippen LogP contribution is -2.62. The van der Waals surface area contributed by atoms with Gasteiger partial charge in [0.15, 0.2) is 0 Å². The number of benzene rings is 1. The van der Waals surface area contributed by atoms with Gasteiger partial charge in [0.25, 0.3) is 5.91 Å². The molecule has 8 heterocycles. The van der Waals surface area contributed by atoms with Gasteiger partial charge in [-0.1, -0.05) is 32.8 Å². The van der Waals surface area contributed by atoms with Crippen molar-refractivity contribution in [2.24, 2.45) is 16.7 Å². The predicted molar refractivity (Wildman–Crippen MR) is 257 cm³/mol. The first kappa shape index (κ1) is 48.7. The molecule has 1 unspecified atom stereocenters. The van der Waals surface area contributed by atoms with Crippen molar-refractivity contribution >= 4 is 45.9 Å². The van der Waals surface area contributed by atoms with Crippen LogP contribution in [-0.2, 0) is 48.0 Å². The fourth-order valence-electron chi connectivity index (χ4n) is 11.9. The van der Waals surface area contributed by atoms with Gasteiger partial charge >= 0.3 is 12.1 Å². The van der Waals surface area contributed by atoms with Crippen LogP contribution >= 0.6 is 11.3 Å². The van der Waals surface area contributed by atoms with E-state index in [9.17, 15) is 32.3 Å². The Bertz CT molecular complexity index is 2640. The summed E-state index contributed by atoms with van der Waals surface area (Å²) in [5.74, 6) is -0.868. The van der Waals surface area contributed by atoms with Crippen LogP contribution in [0, 0.1) is 16.7 Å². The summed E-state index contributed by atoms with van der Waals surface area (Å²) in [5.41, 5.74) is 5.92. The molecule has 3 aromatic heterocycles. The van der Waals surface area contributed by atoms with Crippen molar-refractivity contribution in [1.29, 1.82) is 0 Å². The van der Waals surface area contributed by atoms with Crippen LogP contribution in [0.2, 0.25) is 0 Å². The van der Waals surface area contributed by atoms with Gasteiger partial charge in [0.1, 0.15) is 18.6 Å². The normalized spacial score (nSPS) is 26.4. The fourth-order valence-corrected chi connectivity index (χ4v) is 12.8. The number of carbonyl (C=O) groups is 4. The van der Waals surface area contributed by atoms with Crippen molar-refractivity contribution in [3.05, 3.63) is 58.2 Å². The molecule has 1 aliphatic carbocycles. The lowest BCUT2D eigenvalue weighted by Gasteiger charge is -2.37. The molecule has 376 valence electrons. The average Bonchev–Trinajstić information content (AvgIpc) is 3.78. The molecule has 0 radical (unpaired) electrons. The van der Waals surface area contributed by atoms with Crippen LogP contribution in [-0.4, -0.2) is 136 Å². The first-order valence-corrected chi connectivity index (χ1v) is 25.8. The molecule has 6 atom stereocenters. The molecule has 6 aliphatic rings. The number of hydrogen-bond donors (Lipinski definition) is 3. The SMILES string of the molecule is CO[C@@H](C)c1ncccc1-c1c2c3cc(ccc3n1CC(F)(F)F)-c1csc(n1)C[C@H](NC(=O)C(C1CCCC1)N1CC[C@]3(CCN(C(=O)[C@H]4CN4)C3)C1)C(=O)N1CCC[C@H](N1)C(=O)OCC(C)(C)C2. The maximum Gasteiger partial charge on any atom is 0.406 e. The minimum Gasteiger partial charge on any atom is -0.464 e. The predicted octanol–water partition coefficient (Wildman–Crippen LogP) is 6.20. The smallest absolute Gasteiger partial charge is 0.406 e. The highest BCUT2D eigenvalue weighted by molar-refractivity contribution is 7.10. The molecule has 3 amide bonds. The van der Waals surface area contributed by atoms with E-state index >= 15 is 0 Å². The third-order valence-electron chi connectivity index (χ3n) is 15.6. The molecule has 4 aromatic rings. The van der Waals surface area contributed by atoms with Crippen molar-refractivity contribution in [1.82, 2.24) is 45.4 Å². The summed E-state index contributed by atoms with van der Waals surface area (Å²) < 4.78 is 57.2. The van der Waals surface area contributed by atoms with E-state index in [4.69, 9.17) is 14.5 Å². The third-order valence-corrected chi connectivity index (χ3v) is 16.5. The van der Waals surface area contributed by atoms with Gasteiger partial charge in [-0.2, -0.15) is 13.2 Å². The Balaban J connectivity index is 1.01. The van der Waals surface area contributed by atoms with Gasteiger partial charge in [0.2, 0.25) is 11.8 Å². The summed E-state index contributed by atoms with van der Waals surface area (Å²) >= 11 is 1.35. The zero-order chi connectivity index (χ0) is 49.1. The minimum absolute atomic E-state index is 0.0576. The van der Waals surface area contributed by atoms with Gasteiger partial charge in [-0.25, -0.2) is 10.4 Å². The highest BCUT2D eigenvalue weighted by Gasteiger charge is 2.50. The van der Waals surface area contributed by atoms with E-state index in [1.165, 1.54) is 28.0 Å². The number of halogens is 3. The van der Waals surface area contributed by atoms with E-state index in [1.54, 1.807) is 37.4 Å². The van der Waals surface area contributed by atoms with Crippen LogP contribution in [0.4, 0.5) is 13.2 Å². The maximum absolute atomic E-state index is 15.0. The van der Waals surface area contributed by atoms with E-state index in [1.807, 2.05) is 30.2 Å². The molecule has 70 heavy (non-hydrogen) atoms. The Kier molecular flexibility index (Phi) is 13.4. The molecule has 10 rings (SSSR count). The number of ether oxygens (including phenoxy) is 2. The van der Waals surface area contributed by atoms with Crippen LogP contribution in [0.5, 0.6) is 0 Å². The van der Waals surface area contributed by atoms with Gasteiger partial charge in [-0.15, -0.1) is 11.3 Å². The lowest BCUT2D eigenvalue weighted by molar-refractivity contribution is -0.155. The van der Waals surface area contributed by atoms with E-state index < -0.39 is 48.3 Å². The van der Waals surface area contributed by atoms with Crippen LogP contribution in [0.25, 0.3) is 33.4 Å². The summed E-state index contributed by atoms with van der Waals surface area (Å²) in [4.78, 5) is 70.8. The highest BCUT2D eigenvalue weighted by atomic mass is 32.1. The fraction of sp³-hybridized carbons (Fsp3) is 0.608. The number of thiazole rings is 1. The van der Waals surface area contributed by atoms with Gasteiger partial charge in [0, 0.05) is 90.7 Å². The molecule has 3 N–H and O–H groups in total. The molecular weight excluding hydrogens is 924 g/mol. The van der Waals surface area contributed by atoms with Crippen molar-refractivity contribution in [2.75, 3.05) is 53.0 Å². The van der Waals surface area contributed by atoms with Crippen molar-refractivity contribution < 1.29 is 41.8 Å². The number of aromatic nitrogens is 3. The molecular formula is C51H64F3N9O6S. The number of rotatable bonds is 9. The molecule has 5 aliphatic heterocycles. The molecule has 1 spiro atoms. The van der Waals surface area contributed by atoms with Crippen LogP contribution in [0.15, 0.2) is 41.9 Å². The van der Waals surface area contributed by atoms with Gasteiger partial charge in [-0.05, 0) is 94.2 Å². The Morgan fingerprint density at radius 1 is 1.06 bits per heavy atom. The van der Waals surface area contributed by atoms with E-state index in [0.717, 1.165) is 51.6 Å². The van der Waals surface area contributed by atoms with Gasteiger partial charge < -0.3 is 29.6 Å². The summed E-state index contributed by atoms with van der Waals surface area (Å²) in [5, 5.41) is 10.9. The van der Waals surface area contributed by atoms with Gasteiger partial charge in [0.05, 0.1) is 46.9 Å². The minimum atomic E-state index is -4.57. The Morgan fingerprint density at radius 3 is 2.60 bits per heavy atom. The summed E-state index contributed by atoms with van der Waals surface area (Å²) in [6.45, 7) is 8.20.